The molecule has 3 aliphatic rings. The third-order valence-electron chi connectivity index (χ3n) is 6.48. The van der Waals surface area contributed by atoms with Crippen LogP contribution in [0.25, 0.3) is 10.9 Å². The lowest BCUT2D eigenvalue weighted by atomic mass is 9.84. The van der Waals surface area contributed by atoms with Crippen molar-refractivity contribution in [2.45, 2.75) is 57.8 Å². The lowest BCUT2D eigenvalue weighted by Crippen LogP contribution is -2.55. The Morgan fingerprint density at radius 3 is 2.70 bits per heavy atom. The van der Waals surface area contributed by atoms with Crippen molar-refractivity contribution in [3.05, 3.63) is 29.5 Å². The summed E-state index contributed by atoms with van der Waals surface area (Å²) in [5.74, 6) is -0.198. The molecule has 3 saturated heterocycles. The number of benzene rings is 1. The number of ether oxygens (including phenoxy) is 1. The average molecular weight is 431 g/mol. The number of rotatable bonds is 9. The van der Waals surface area contributed by atoms with Crippen molar-refractivity contribution in [2.75, 3.05) is 26.2 Å². The van der Waals surface area contributed by atoms with E-state index in [1.54, 1.807) is 12.1 Å². The summed E-state index contributed by atoms with van der Waals surface area (Å²) in [7, 11) is -1.15. The van der Waals surface area contributed by atoms with Gasteiger partial charge in [-0.15, -0.1) is 0 Å². The summed E-state index contributed by atoms with van der Waals surface area (Å²) in [5.41, 5.74) is 1.94. The molecule has 0 unspecified atom stereocenters. The maximum atomic E-state index is 11.9. The number of carboxylic acid groups (broad SMARTS) is 1. The number of fused-ring (bicyclic) bond motifs is 4. The molecule has 4 heterocycles. The Kier molecular flexibility index (Phi) is 6.29. The molecule has 0 amide bonds. The second kappa shape index (κ2) is 8.78. The van der Waals surface area contributed by atoms with Crippen molar-refractivity contribution in [2.24, 2.45) is 5.92 Å². The van der Waals surface area contributed by atoms with E-state index in [1.807, 2.05) is 10.7 Å². The van der Waals surface area contributed by atoms with Crippen molar-refractivity contribution in [1.29, 1.82) is 0 Å². The van der Waals surface area contributed by atoms with Gasteiger partial charge in [-0.05, 0) is 50.0 Å². The molecule has 1 aromatic carbocycles. The summed E-state index contributed by atoms with van der Waals surface area (Å²) in [6.45, 7) is 12.1. The number of carboxylic acids is 1. The third-order valence-corrected chi connectivity index (χ3v) is 8.18. The smallest absolute Gasteiger partial charge is 0.336 e. The second-order valence-corrected chi connectivity index (χ2v) is 15.5. The molecule has 7 nitrogen and oxygen atoms in total. The summed E-state index contributed by atoms with van der Waals surface area (Å²) in [6, 6.07) is 6.95. The number of nitrogens with one attached hydrogen (secondary N) is 1. The molecule has 5 rings (SSSR count). The van der Waals surface area contributed by atoms with Crippen LogP contribution in [0, 0.1) is 5.92 Å². The van der Waals surface area contributed by atoms with Crippen LogP contribution in [0.3, 0.4) is 0 Å². The number of aromatic nitrogens is 2. The van der Waals surface area contributed by atoms with Crippen molar-refractivity contribution in [1.82, 2.24) is 20.0 Å². The zero-order valence-electron chi connectivity index (χ0n) is 18.4. The highest BCUT2D eigenvalue weighted by molar-refractivity contribution is 6.76. The van der Waals surface area contributed by atoms with Gasteiger partial charge in [0.05, 0.1) is 16.8 Å². The Balaban J connectivity index is 1.52. The zero-order chi connectivity index (χ0) is 21.3. The quantitative estimate of drug-likeness (QED) is 0.470. The Hall–Kier alpha value is -1.74. The van der Waals surface area contributed by atoms with Crippen LogP contribution in [0.2, 0.25) is 25.7 Å². The molecule has 3 aliphatic heterocycles. The van der Waals surface area contributed by atoms with E-state index >= 15 is 0 Å². The lowest BCUT2D eigenvalue weighted by Gasteiger charge is -2.45. The maximum Gasteiger partial charge on any atom is 0.336 e. The maximum absolute atomic E-state index is 11.9. The summed E-state index contributed by atoms with van der Waals surface area (Å²) in [6.07, 6.45) is 2.50. The van der Waals surface area contributed by atoms with Gasteiger partial charge >= 0.3 is 5.97 Å². The van der Waals surface area contributed by atoms with E-state index in [4.69, 9.17) is 9.84 Å². The van der Waals surface area contributed by atoms with Crippen LogP contribution in [0.5, 0.6) is 0 Å². The molecule has 1 atom stereocenters. The zero-order valence-corrected chi connectivity index (χ0v) is 19.4. The highest BCUT2D eigenvalue weighted by Crippen LogP contribution is 2.29. The first-order chi connectivity index (χ1) is 14.3. The topological polar surface area (TPSA) is 79.6 Å². The number of carbonyl (C=O) groups is 1. The highest BCUT2D eigenvalue weighted by atomic mass is 28.3. The predicted octanol–water partition coefficient (Wildman–Crippen LogP) is 3.23. The van der Waals surface area contributed by atoms with E-state index in [2.05, 4.69) is 29.9 Å². The van der Waals surface area contributed by atoms with Crippen LogP contribution in [0.1, 0.15) is 28.9 Å². The van der Waals surface area contributed by atoms with Gasteiger partial charge in [0.2, 0.25) is 0 Å². The van der Waals surface area contributed by atoms with Gasteiger partial charge in [0.25, 0.3) is 0 Å². The van der Waals surface area contributed by atoms with Crippen LogP contribution in [-0.2, 0) is 18.0 Å². The Morgan fingerprint density at radius 2 is 2.07 bits per heavy atom. The van der Waals surface area contributed by atoms with Gasteiger partial charge in [-0.2, -0.15) is 5.10 Å². The number of piperidine rings is 3. The van der Waals surface area contributed by atoms with Crippen molar-refractivity contribution in [3.8, 4) is 0 Å². The van der Waals surface area contributed by atoms with Crippen molar-refractivity contribution < 1.29 is 14.6 Å². The molecule has 0 saturated carbocycles. The van der Waals surface area contributed by atoms with Gasteiger partial charge in [-0.3, -0.25) is 0 Å². The first-order valence-corrected chi connectivity index (χ1v) is 14.8. The van der Waals surface area contributed by atoms with Crippen LogP contribution < -0.4 is 5.32 Å². The van der Waals surface area contributed by atoms with E-state index in [9.17, 15) is 9.90 Å². The van der Waals surface area contributed by atoms with E-state index in [1.165, 1.54) is 25.9 Å². The number of aromatic carboxylic acids is 1. The summed E-state index contributed by atoms with van der Waals surface area (Å²) < 4.78 is 7.73. The van der Waals surface area contributed by atoms with E-state index in [0.717, 1.165) is 29.2 Å². The fourth-order valence-electron chi connectivity index (χ4n) is 4.66. The summed E-state index contributed by atoms with van der Waals surface area (Å²) >= 11 is 0. The molecule has 30 heavy (non-hydrogen) atoms. The number of hydrogen-bond donors (Lipinski definition) is 2. The Morgan fingerprint density at radius 1 is 1.30 bits per heavy atom. The molecule has 8 heteroatoms. The number of hydrogen-bond acceptors (Lipinski definition) is 5. The van der Waals surface area contributed by atoms with Crippen molar-refractivity contribution >= 4 is 24.9 Å². The van der Waals surface area contributed by atoms with E-state index < -0.39 is 14.0 Å². The molecule has 164 valence electrons. The molecule has 2 bridgehead atoms. The van der Waals surface area contributed by atoms with Crippen molar-refractivity contribution in [3.63, 3.8) is 0 Å². The minimum absolute atomic E-state index is 0.312. The molecule has 0 radical (unpaired) electrons. The lowest BCUT2D eigenvalue weighted by molar-refractivity contribution is 0.0698. The van der Waals surface area contributed by atoms with Gasteiger partial charge in [0, 0.05) is 39.2 Å². The molecule has 1 aromatic heterocycles. The molecule has 0 spiro atoms. The molecule has 0 aliphatic carbocycles. The molecular formula is C22H34N4O3Si. The summed E-state index contributed by atoms with van der Waals surface area (Å²) in [5, 5.41) is 18.9. The summed E-state index contributed by atoms with van der Waals surface area (Å²) in [4.78, 5) is 14.4. The molecule has 3 fully saturated rings. The van der Waals surface area contributed by atoms with Crippen LogP contribution in [0.4, 0.5) is 0 Å². The largest absolute Gasteiger partial charge is 0.478 e. The fraction of sp³-hybridized carbons (Fsp3) is 0.636. The van der Waals surface area contributed by atoms with Gasteiger partial charge in [0.15, 0.2) is 0 Å². The molecule has 2 aromatic rings. The molecular weight excluding hydrogens is 396 g/mol. The fourth-order valence-corrected chi connectivity index (χ4v) is 5.42. The second-order valence-electron chi connectivity index (χ2n) is 9.92. The van der Waals surface area contributed by atoms with Crippen LogP contribution >= 0.6 is 0 Å². The van der Waals surface area contributed by atoms with Crippen LogP contribution in [-0.4, -0.2) is 66.1 Å². The van der Waals surface area contributed by atoms with Gasteiger partial charge in [-0.1, -0.05) is 25.7 Å². The minimum Gasteiger partial charge on any atom is -0.478 e. The average Bonchev–Trinajstić information content (AvgIpc) is 3.07. The van der Waals surface area contributed by atoms with E-state index in [0.29, 0.717) is 37.4 Å². The number of nitrogens with zero attached hydrogens (tertiary/aromatic N) is 3. The first-order valence-electron chi connectivity index (χ1n) is 11.1. The standard InChI is InChI=1S/C22H34N4O3Si/c1-30(2,3)12-11-29-15-26-20-6-4-5-17(22(27)28)21(20)18(24-26)13-23-19-14-25-9-7-16(19)8-10-25/h4-6,16,19,23H,7-15H2,1-3H3,(H,27,28)/t19-/m1/s1. The SMILES string of the molecule is C[Si](C)(C)CCOCn1nc(CN[C@@H]2CN3CCC2CC3)c2c(C(=O)O)cccc21. The van der Waals surface area contributed by atoms with Gasteiger partial charge in [-0.25, -0.2) is 9.48 Å². The molecule has 2 N–H and O–H groups in total. The van der Waals surface area contributed by atoms with E-state index in [-0.39, 0.29) is 0 Å². The van der Waals surface area contributed by atoms with Gasteiger partial charge in [0.1, 0.15) is 6.73 Å². The highest BCUT2D eigenvalue weighted by Gasteiger charge is 2.34. The third kappa shape index (κ3) is 4.77. The normalized spacial score (nSPS) is 23.9. The predicted molar refractivity (Wildman–Crippen MR) is 121 cm³/mol. The monoisotopic (exact) mass is 430 g/mol. The van der Waals surface area contributed by atoms with Crippen LogP contribution in [0.15, 0.2) is 18.2 Å². The Labute approximate surface area is 179 Å². The first kappa shape index (κ1) is 21.5. The van der Waals surface area contributed by atoms with Gasteiger partial charge < -0.3 is 20.1 Å². The minimum atomic E-state index is -1.15. The Bertz CT molecular complexity index is 900.